The minimum Gasteiger partial charge on any atom is -0.341 e. The van der Waals surface area contributed by atoms with Crippen LogP contribution in [0.25, 0.3) is 0 Å². The van der Waals surface area contributed by atoms with E-state index in [0.29, 0.717) is 13.1 Å². The van der Waals surface area contributed by atoms with E-state index in [1.54, 1.807) is 4.90 Å². The maximum atomic E-state index is 11.8. The summed E-state index contributed by atoms with van der Waals surface area (Å²) in [6, 6.07) is 2.07. The second kappa shape index (κ2) is 4.43. The quantitative estimate of drug-likeness (QED) is 0.690. The summed E-state index contributed by atoms with van der Waals surface area (Å²) < 4.78 is 0. The largest absolute Gasteiger partial charge is 0.341 e. The SMILES string of the molecule is CC(N)C(C)C(=O)N1CCC(C#N)C1. The fourth-order valence-corrected chi connectivity index (χ4v) is 1.58. The minimum atomic E-state index is -0.146. The lowest BCUT2D eigenvalue weighted by Crippen LogP contribution is -2.40. The van der Waals surface area contributed by atoms with E-state index in [4.69, 9.17) is 11.0 Å². The van der Waals surface area contributed by atoms with Crippen LogP contribution < -0.4 is 5.73 Å². The van der Waals surface area contributed by atoms with E-state index in [-0.39, 0.29) is 23.8 Å². The number of nitriles is 1. The van der Waals surface area contributed by atoms with Gasteiger partial charge in [-0.05, 0) is 13.3 Å². The summed E-state index contributed by atoms with van der Waals surface area (Å²) in [6.45, 7) is 4.95. The van der Waals surface area contributed by atoms with Gasteiger partial charge in [0.1, 0.15) is 0 Å². The molecule has 0 spiro atoms. The molecule has 1 saturated heterocycles. The van der Waals surface area contributed by atoms with Crippen LogP contribution in [0.15, 0.2) is 0 Å². The number of nitrogens with two attached hydrogens (primary N) is 1. The first kappa shape index (κ1) is 11.0. The summed E-state index contributed by atoms with van der Waals surface area (Å²) in [5, 5.41) is 8.70. The number of hydrogen-bond donors (Lipinski definition) is 1. The van der Waals surface area contributed by atoms with Gasteiger partial charge in [0.2, 0.25) is 5.91 Å². The molecule has 1 fully saturated rings. The summed E-state index contributed by atoms with van der Waals surface area (Å²) in [5.41, 5.74) is 5.66. The third-order valence-corrected chi connectivity index (χ3v) is 2.86. The number of carbonyl (C=O) groups excluding carboxylic acids is 1. The average Bonchev–Trinajstić information content (AvgIpc) is 2.63. The van der Waals surface area contributed by atoms with Gasteiger partial charge in [-0.3, -0.25) is 4.79 Å². The molecule has 0 aromatic heterocycles. The molecule has 1 aliphatic rings. The molecule has 0 radical (unpaired) electrons. The van der Waals surface area contributed by atoms with Crippen molar-refractivity contribution >= 4 is 5.91 Å². The van der Waals surface area contributed by atoms with Gasteiger partial charge >= 0.3 is 0 Å². The van der Waals surface area contributed by atoms with Crippen molar-refractivity contribution in [3.63, 3.8) is 0 Å². The number of rotatable bonds is 2. The van der Waals surface area contributed by atoms with Gasteiger partial charge in [-0.15, -0.1) is 0 Å². The van der Waals surface area contributed by atoms with Gasteiger partial charge in [-0.2, -0.15) is 5.26 Å². The van der Waals surface area contributed by atoms with Crippen molar-refractivity contribution in [2.75, 3.05) is 13.1 Å². The van der Waals surface area contributed by atoms with Crippen LogP contribution in [0.3, 0.4) is 0 Å². The van der Waals surface area contributed by atoms with Crippen LogP contribution in [0.5, 0.6) is 0 Å². The molecule has 4 nitrogen and oxygen atoms in total. The standard InChI is InChI=1S/C10H17N3O/c1-7(8(2)12)10(14)13-4-3-9(5-11)6-13/h7-9H,3-4,6,12H2,1-2H3. The van der Waals surface area contributed by atoms with Crippen LogP contribution in [0, 0.1) is 23.2 Å². The van der Waals surface area contributed by atoms with Crippen molar-refractivity contribution in [1.29, 1.82) is 5.26 Å². The molecule has 3 unspecified atom stereocenters. The highest BCUT2D eigenvalue weighted by Crippen LogP contribution is 2.18. The van der Waals surface area contributed by atoms with Crippen molar-refractivity contribution in [2.45, 2.75) is 26.3 Å². The van der Waals surface area contributed by atoms with Gasteiger partial charge in [-0.1, -0.05) is 6.92 Å². The van der Waals surface area contributed by atoms with Crippen LogP contribution in [-0.4, -0.2) is 29.9 Å². The van der Waals surface area contributed by atoms with Crippen LogP contribution >= 0.6 is 0 Å². The molecule has 1 rings (SSSR count). The zero-order valence-electron chi connectivity index (χ0n) is 8.73. The van der Waals surface area contributed by atoms with Gasteiger partial charge in [0.15, 0.2) is 0 Å². The molecular weight excluding hydrogens is 178 g/mol. The topological polar surface area (TPSA) is 70.1 Å². The van der Waals surface area contributed by atoms with Crippen molar-refractivity contribution in [1.82, 2.24) is 4.90 Å². The van der Waals surface area contributed by atoms with Crippen LogP contribution in [-0.2, 0) is 4.79 Å². The molecule has 1 amide bonds. The van der Waals surface area contributed by atoms with Gasteiger partial charge < -0.3 is 10.6 Å². The van der Waals surface area contributed by atoms with Gasteiger partial charge in [0.25, 0.3) is 0 Å². The first-order valence-electron chi connectivity index (χ1n) is 5.00. The predicted molar refractivity (Wildman–Crippen MR) is 53.1 cm³/mol. The van der Waals surface area contributed by atoms with Crippen LogP contribution in [0.4, 0.5) is 0 Å². The van der Waals surface area contributed by atoms with E-state index >= 15 is 0 Å². The second-order valence-electron chi connectivity index (χ2n) is 4.05. The van der Waals surface area contributed by atoms with Crippen molar-refractivity contribution in [3.05, 3.63) is 0 Å². The van der Waals surface area contributed by atoms with Crippen LogP contribution in [0.2, 0.25) is 0 Å². The van der Waals surface area contributed by atoms with E-state index in [1.807, 2.05) is 13.8 Å². The van der Waals surface area contributed by atoms with Crippen LogP contribution in [0.1, 0.15) is 20.3 Å². The number of nitrogens with zero attached hydrogens (tertiary/aromatic N) is 2. The Balaban J connectivity index is 2.52. The van der Waals surface area contributed by atoms with Crippen molar-refractivity contribution < 1.29 is 4.79 Å². The summed E-state index contributed by atoms with van der Waals surface area (Å²) in [7, 11) is 0. The smallest absolute Gasteiger partial charge is 0.226 e. The number of carbonyl (C=O) groups is 1. The van der Waals surface area contributed by atoms with Crippen molar-refractivity contribution in [2.24, 2.45) is 17.6 Å². The van der Waals surface area contributed by atoms with Gasteiger partial charge in [-0.25, -0.2) is 0 Å². The second-order valence-corrected chi connectivity index (χ2v) is 4.05. The zero-order valence-corrected chi connectivity index (χ0v) is 8.73. The molecule has 2 N–H and O–H groups in total. The van der Waals surface area contributed by atoms with Gasteiger partial charge in [0.05, 0.1) is 17.9 Å². The Labute approximate surface area is 84.7 Å². The maximum Gasteiger partial charge on any atom is 0.226 e. The Bertz CT molecular complexity index is 257. The Morgan fingerprint density at radius 2 is 2.29 bits per heavy atom. The summed E-state index contributed by atoms with van der Waals surface area (Å²) >= 11 is 0. The fraction of sp³-hybridized carbons (Fsp3) is 0.800. The number of likely N-dealkylation sites (tertiary alicyclic amines) is 1. The highest BCUT2D eigenvalue weighted by atomic mass is 16.2. The Morgan fingerprint density at radius 3 is 2.71 bits per heavy atom. The minimum absolute atomic E-state index is 0.0132. The van der Waals surface area contributed by atoms with Crippen molar-refractivity contribution in [3.8, 4) is 6.07 Å². The molecule has 1 heterocycles. The Hall–Kier alpha value is -1.08. The number of hydrogen-bond acceptors (Lipinski definition) is 3. The number of amides is 1. The molecule has 0 aliphatic carbocycles. The third-order valence-electron chi connectivity index (χ3n) is 2.86. The van der Waals surface area contributed by atoms with E-state index in [9.17, 15) is 4.79 Å². The molecule has 14 heavy (non-hydrogen) atoms. The first-order valence-corrected chi connectivity index (χ1v) is 5.00. The molecule has 78 valence electrons. The normalized spacial score (nSPS) is 25.6. The highest BCUT2D eigenvalue weighted by molar-refractivity contribution is 5.79. The first-order chi connectivity index (χ1) is 6.56. The molecular formula is C10H17N3O. The van der Waals surface area contributed by atoms with E-state index in [0.717, 1.165) is 6.42 Å². The molecule has 0 aromatic carbocycles. The lowest BCUT2D eigenvalue weighted by Gasteiger charge is -2.22. The molecule has 0 bridgehead atoms. The zero-order chi connectivity index (χ0) is 10.7. The highest BCUT2D eigenvalue weighted by Gasteiger charge is 2.29. The molecule has 4 heteroatoms. The van der Waals surface area contributed by atoms with E-state index < -0.39 is 0 Å². The average molecular weight is 195 g/mol. The Morgan fingerprint density at radius 1 is 1.64 bits per heavy atom. The Kier molecular flexibility index (Phi) is 3.48. The molecule has 0 aromatic rings. The summed E-state index contributed by atoms with van der Waals surface area (Å²) in [6.07, 6.45) is 0.800. The summed E-state index contributed by atoms with van der Waals surface area (Å²) in [5.74, 6) is -0.0515. The van der Waals surface area contributed by atoms with E-state index in [1.165, 1.54) is 0 Å². The fourth-order valence-electron chi connectivity index (χ4n) is 1.58. The lowest BCUT2D eigenvalue weighted by molar-refractivity contribution is -0.134. The molecule has 0 saturated carbocycles. The predicted octanol–water partition coefficient (Wildman–Crippen LogP) is 0.342. The third kappa shape index (κ3) is 2.24. The molecule has 1 aliphatic heterocycles. The lowest BCUT2D eigenvalue weighted by atomic mass is 10.0. The molecule has 3 atom stereocenters. The monoisotopic (exact) mass is 195 g/mol. The van der Waals surface area contributed by atoms with E-state index in [2.05, 4.69) is 6.07 Å². The maximum absolute atomic E-state index is 11.8. The summed E-state index contributed by atoms with van der Waals surface area (Å²) in [4.78, 5) is 13.5. The van der Waals surface area contributed by atoms with Gasteiger partial charge in [0, 0.05) is 19.1 Å².